The molecule has 30 heavy (non-hydrogen) atoms. The second kappa shape index (κ2) is 8.07. The van der Waals surface area contributed by atoms with Gasteiger partial charge in [0.15, 0.2) is 0 Å². The van der Waals surface area contributed by atoms with E-state index >= 15 is 0 Å². The van der Waals surface area contributed by atoms with Crippen molar-refractivity contribution in [3.63, 3.8) is 0 Å². The van der Waals surface area contributed by atoms with Crippen molar-refractivity contribution in [1.82, 2.24) is 5.32 Å². The molecule has 0 spiro atoms. The number of anilines is 1. The van der Waals surface area contributed by atoms with Crippen molar-refractivity contribution in [1.29, 1.82) is 0 Å². The monoisotopic (exact) mass is 396 g/mol. The summed E-state index contributed by atoms with van der Waals surface area (Å²) in [5, 5.41) is 6.18. The van der Waals surface area contributed by atoms with Crippen LogP contribution in [0.25, 0.3) is 17.2 Å². The number of nitrogens with one attached hydrogen (secondary N) is 2. The first kappa shape index (κ1) is 18.5. The van der Waals surface area contributed by atoms with Gasteiger partial charge in [-0.2, -0.15) is 0 Å². The van der Waals surface area contributed by atoms with E-state index in [1.165, 1.54) is 33.5 Å². The fourth-order valence-corrected chi connectivity index (χ4v) is 4.42. The Hall–Kier alpha value is -3.53. The first-order valence-electron chi connectivity index (χ1n) is 10.4. The zero-order valence-corrected chi connectivity index (χ0v) is 16.7. The zero-order chi connectivity index (χ0) is 20.3. The number of ether oxygens (including phenoxy) is 1. The van der Waals surface area contributed by atoms with Gasteiger partial charge in [0, 0.05) is 24.7 Å². The molecule has 2 aliphatic rings. The summed E-state index contributed by atoms with van der Waals surface area (Å²) in [6.07, 6.45) is 4.66. The number of benzene rings is 3. The molecule has 0 saturated heterocycles. The van der Waals surface area contributed by atoms with Crippen LogP contribution in [0.2, 0.25) is 0 Å². The Morgan fingerprint density at radius 2 is 1.77 bits per heavy atom. The van der Waals surface area contributed by atoms with E-state index in [-0.39, 0.29) is 12.0 Å². The SMILES string of the molecule is O=C(NCC=Cc1ccc2c(c1)CCN2)OCC1c2ccccc2-c2ccccc21. The molecule has 4 heteroatoms. The van der Waals surface area contributed by atoms with Gasteiger partial charge in [-0.25, -0.2) is 4.79 Å². The Morgan fingerprint density at radius 3 is 2.53 bits per heavy atom. The molecule has 4 nitrogen and oxygen atoms in total. The number of fused-ring (bicyclic) bond motifs is 4. The molecule has 0 atom stereocenters. The van der Waals surface area contributed by atoms with E-state index in [1.54, 1.807) is 0 Å². The van der Waals surface area contributed by atoms with Crippen LogP contribution in [-0.4, -0.2) is 25.8 Å². The lowest BCUT2D eigenvalue weighted by Gasteiger charge is -2.14. The number of carbonyl (C=O) groups is 1. The summed E-state index contributed by atoms with van der Waals surface area (Å²) >= 11 is 0. The molecule has 1 aliphatic heterocycles. The number of rotatable bonds is 5. The van der Waals surface area contributed by atoms with Gasteiger partial charge in [-0.05, 0) is 51.9 Å². The topological polar surface area (TPSA) is 50.4 Å². The molecule has 0 radical (unpaired) electrons. The Kier molecular flexibility index (Phi) is 4.98. The van der Waals surface area contributed by atoms with Gasteiger partial charge >= 0.3 is 6.09 Å². The summed E-state index contributed by atoms with van der Waals surface area (Å²) in [4.78, 5) is 12.2. The minimum absolute atomic E-state index is 0.0821. The van der Waals surface area contributed by atoms with E-state index < -0.39 is 0 Å². The molecule has 0 saturated carbocycles. The smallest absolute Gasteiger partial charge is 0.407 e. The van der Waals surface area contributed by atoms with Crippen molar-refractivity contribution < 1.29 is 9.53 Å². The highest BCUT2D eigenvalue weighted by Gasteiger charge is 2.28. The van der Waals surface area contributed by atoms with Gasteiger partial charge in [-0.3, -0.25) is 0 Å². The first-order valence-corrected chi connectivity index (χ1v) is 10.4. The summed E-state index contributed by atoms with van der Waals surface area (Å²) in [7, 11) is 0. The van der Waals surface area contributed by atoms with Crippen LogP contribution in [0.15, 0.2) is 72.8 Å². The molecule has 2 N–H and O–H groups in total. The summed E-state index contributed by atoms with van der Waals surface area (Å²) in [5.41, 5.74) is 8.62. The van der Waals surface area contributed by atoms with Gasteiger partial charge in [0.1, 0.15) is 6.61 Å². The van der Waals surface area contributed by atoms with Crippen LogP contribution in [0.1, 0.15) is 28.2 Å². The van der Waals surface area contributed by atoms with Crippen molar-refractivity contribution in [2.45, 2.75) is 12.3 Å². The number of carbonyl (C=O) groups excluding carboxylic acids is 1. The van der Waals surface area contributed by atoms with E-state index in [9.17, 15) is 4.79 Å². The molecule has 3 aromatic carbocycles. The Labute approximate surface area is 176 Å². The summed E-state index contributed by atoms with van der Waals surface area (Å²) in [6, 6.07) is 23.1. The standard InChI is InChI=1S/C26H24N2O2/c29-26(28-14-5-6-18-11-12-25-19(16-18)13-15-27-25)30-17-24-22-9-3-1-7-20(22)21-8-2-4-10-23(21)24/h1-12,16,24,27H,13-15,17H2,(H,28,29). The third-order valence-corrected chi connectivity index (χ3v) is 5.86. The molecule has 0 unspecified atom stereocenters. The maximum absolute atomic E-state index is 12.2. The molecule has 3 aromatic rings. The summed E-state index contributed by atoms with van der Waals surface area (Å²) < 4.78 is 5.56. The third-order valence-electron chi connectivity index (χ3n) is 5.86. The minimum Gasteiger partial charge on any atom is -0.449 e. The van der Waals surface area contributed by atoms with Gasteiger partial charge in [0.05, 0.1) is 0 Å². The highest BCUT2D eigenvalue weighted by molar-refractivity contribution is 5.79. The maximum Gasteiger partial charge on any atom is 0.407 e. The van der Waals surface area contributed by atoms with Gasteiger partial charge in [0.2, 0.25) is 0 Å². The maximum atomic E-state index is 12.2. The lowest BCUT2D eigenvalue weighted by atomic mass is 9.98. The molecular formula is C26H24N2O2. The Balaban J connectivity index is 1.16. The molecule has 0 fully saturated rings. The van der Waals surface area contributed by atoms with E-state index in [0.717, 1.165) is 18.5 Å². The number of amides is 1. The largest absolute Gasteiger partial charge is 0.449 e. The van der Waals surface area contributed by atoms with Gasteiger partial charge in [0.25, 0.3) is 0 Å². The minimum atomic E-state index is -0.389. The van der Waals surface area contributed by atoms with E-state index in [4.69, 9.17) is 4.74 Å². The van der Waals surface area contributed by atoms with Crippen LogP contribution in [0, 0.1) is 0 Å². The first-order chi connectivity index (χ1) is 14.8. The van der Waals surface area contributed by atoms with Crippen LogP contribution < -0.4 is 10.6 Å². The molecule has 1 amide bonds. The lowest BCUT2D eigenvalue weighted by Crippen LogP contribution is -2.26. The van der Waals surface area contributed by atoms with E-state index in [2.05, 4.69) is 65.2 Å². The van der Waals surface area contributed by atoms with Gasteiger partial charge in [-0.15, -0.1) is 0 Å². The molecule has 0 bridgehead atoms. The second-order valence-electron chi connectivity index (χ2n) is 7.70. The Bertz CT molecular complexity index is 1070. The van der Waals surface area contributed by atoms with Crippen molar-refractivity contribution in [3.05, 3.63) is 95.1 Å². The molecule has 1 heterocycles. The molecule has 150 valence electrons. The molecule has 0 aromatic heterocycles. The Morgan fingerprint density at radius 1 is 1.03 bits per heavy atom. The molecular weight excluding hydrogens is 372 g/mol. The highest BCUT2D eigenvalue weighted by Crippen LogP contribution is 2.44. The van der Waals surface area contributed by atoms with Crippen molar-refractivity contribution >= 4 is 17.9 Å². The highest BCUT2D eigenvalue weighted by atomic mass is 16.5. The van der Waals surface area contributed by atoms with Crippen LogP contribution in [0.5, 0.6) is 0 Å². The van der Waals surface area contributed by atoms with Crippen LogP contribution in [0.3, 0.4) is 0 Å². The summed E-state index contributed by atoms with van der Waals surface area (Å²) in [5.74, 6) is 0.0821. The fraction of sp³-hybridized carbons (Fsp3) is 0.192. The number of hydrogen-bond donors (Lipinski definition) is 2. The average molecular weight is 396 g/mol. The van der Waals surface area contributed by atoms with Crippen molar-refractivity contribution in [2.75, 3.05) is 25.0 Å². The van der Waals surface area contributed by atoms with Gasteiger partial charge < -0.3 is 15.4 Å². The third kappa shape index (κ3) is 3.57. The van der Waals surface area contributed by atoms with Gasteiger partial charge in [-0.1, -0.05) is 66.7 Å². The predicted octanol–water partition coefficient (Wildman–Crippen LogP) is 5.21. The molecule has 1 aliphatic carbocycles. The fourth-order valence-electron chi connectivity index (χ4n) is 4.42. The predicted molar refractivity (Wildman–Crippen MR) is 121 cm³/mol. The van der Waals surface area contributed by atoms with Crippen LogP contribution in [0.4, 0.5) is 10.5 Å². The average Bonchev–Trinajstić information content (AvgIpc) is 3.37. The molecule has 5 rings (SSSR count). The number of alkyl carbamates (subject to hydrolysis) is 1. The van der Waals surface area contributed by atoms with Crippen LogP contribution >= 0.6 is 0 Å². The summed E-state index contributed by atoms with van der Waals surface area (Å²) in [6.45, 7) is 1.78. The normalized spacial score (nSPS) is 14.1. The quantitative estimate of drug-likeness (QED) is 0.623. The second-order valence-corrected chi connectivity index (χ2v) is 7.70. The van der Waals surface area contributed by atoms with Crippen molar-refractivity contribution in [2.24, 2.45) is 0 Å². The van der Waals surface area contributed by atoms with E-state index in [0.29, 0.717) is 13.2 Å². The zero-order valence-electron chi connectivity index (χ0n) is 16.7. The van der Waals surface area contributed by atoms with Crippen LogP contribution in [-0.2, 0) is 11.2 Å². The van der Waals surface area contributed by atoms with E-state index in [1.807, 2.05) is 24.3 Å². The number of hydrogen-bond acceptors (Lipinski definition) is 3. The van der Waals surface area contributed by atoms with Crippen molar-refractivity contribution in [3.8, 4) is 11.1 Å². The lowest BCUT2D eigenvalue weighted by molar-refractivity contribution is 0.144.